The zero-order chi connectivity index (χ0) is 11.1. The Morgan fingerprint density at radius 2 is 2.38 bits per heavy atom. The van der Waals surface area contributed by atoms with Crippen LogP contribution in [-0.2, 0) is 6.42 Å². The van der Waals surface area contributed by atoms with Gasteiger partial charge in [-0.2, -0.15) is 9.50 Å². The molecule has 2 aromatic rings. The first kappa shape index (κ1) is 9.53. The third-order valence-electron chi connectivity index (χ3n) is 2.84. The number of nitrogens with two attached hydrogens (primary N) is 1. The molecule has 6 nitrogen and oxygen atoms in total. The standard InChI is InChI=1S/C10H13N5O/c11-4-3-7-5-12-10-13-8(6-1-2-6)14-15(10)9(7)16/h5-6H,1-4,11H2,(H,12,13,14). The Morgan fingerprint density at radius 1 is 1.56 bits per heavy atom. The summed E-state index contributed by atoms with van der Waals surface area (Å²) in [7, 11) is 0. The highest BCUT2D eigenvalue weighted by molar-refractivity contribution is 5.29. The van der Waals surface area contributed by atoms with Crippen molar-refractivity contribution in [3.63, 3.8) is 0 Å². The minimum Gasteiger partial charge on any atom is -0.330 e. The summed E-state index contributed by atoms with van der Waals surface area (Å²) in [5.74, 6) is 1.81. The normalized spacial score (nSPS) is 15.8. The predicted molar refractivity (Wildman–Crippen MR) is 58.3 cm³/mol. The molecule has 0 saturated heterocycles. The molecule has 0 amide bonds. The highest BCUT2D eigenvalue weighted by Crippen LogP contribution is 2.37. The summed E-state index contributed by atoms with van der Waals surface area (Å²) in [6.45, 7) is 0.451. The Morgan fingerprint density at radius 3 is 3.06 bits per heavy atom. The number of fused-ring (bicyclic) bond motifs is 1. The van der Waals surface area contributed by atoms with Crippen LogP contribution in [0, 0.1) is 0 Å². The Kier molecular flexibility index (Phi) is 2.03. The van der Waals surface area contributed by atoms with Crippen LogP contribution in [0.1, 0.15) is 30.1 Å². The summed E-state index contributed by atoms with van der Waals surface area (Å²) in [6, 6.07) is 0. The molecule has 0 spiro atoms. The van der Waals surface area contributed by atoms with E-state index in [-0.39, 0.29) is 5.56 Å². The molecule has 1 saturated carbocycles. The molecule has 84 valence electrons. The first-order chi connectivity index (χ1) is 7.79. The van der Waals surface area contributed by atoms with Gasteiger partial charge in [-0.3, -0.25) is 9.89 Å². The number of nitrogens with one attached hydrogen (secondary N) is 1. The fourth-order valence-corrected chi connectivity index (χ4v) is 1.78. The average molecular weight is 219 g/mol. The largest absolute Gasteiger partial charge is 0.330 e. The number of hydrogen-bond donors (Lipinski definition) is 2. The Balaban J connectivity index is 2.15. The van der Waals surface area contributed by atoms with Crippen LogP contribution >= 0.6 is 0 Å². The molecule has 0 bridgehead atoms. The van der Waals surface area contributed by atoms with E-state index >= 15 is 0 Å². The van der Waals surface area contributed by atoms with Gasteiger partial charge in [0.1, 0.15) is 5.82 Å². The third-order valence-corrected chi connectivity index (χ3v) is 2.84. The molecule has 0 atom stereocenters. The maximum Gasteiger partial charge on any atom is 0.277 e. The number of aromatic nitrogens is 4. The molecule has 3 rings (SSSR count). The fraction of sp³-hybridized carbons (Fsp3) is 0.500. The van der Waals surface area contributed by atoms with E-state index in [1.54, 1.807) is 6.20 Å². The van der Waals surface area contributed by atoms with Crippen molar-refractivity contribution in [1.82, 2.24) is 19.6 Å². The zero-order valence-electron chi connectivity index (χ0n) is 8.81. The van der Waals surface area contributed by atoms with Crippen molar-refractivity contribution < 1.29 is 0 Å². The van der Waals surface area contributed by atoms with Gasteiger partial charge in [0.05, 0.1) is 0 Å². The highest BCUT2D eigenvalue weighted by Gasteiger charge is 2.27. The van der Waals surface area contributed by atoms with Crippen molar-refractivity contribution in [2.75, 3.05) is 6.54 Å². The third kappa shape index (κ3) is 1.42. The van der Waals surface area contributed by atoms with Gasteiger partial charge in [0.25, 0.3) is 11.3 Å². The zero-order valence-corrected chi connectivity index (χ0v) is 8.81. The molecule has 0 unspecified atom stereocenters. The molecule has 1 aliphatic carbocycles. The second-order valence-electron chi connectivity index (χ2n) is 4.15. The van der Waals surface area contributed by atoms with Gasteiger partial charge in [-0.25, -0.2) is 4.98 Å². The van der Waals surface area contributed by atoms with E-state index in [0.29, 0.717) is 30.2 Å². The maximum atomic E-state index is 12.0. The predicted octanol–water partition coefficient (Wildman–Crippen LogP) is -0.204. The number of H-pyrrole nitrogens is 1. The summed E-state index contributed by atoms with van der Waals surface area (Å²) in [5.41, 5.74) is 5.98. The lowest BCUT2D eigenvalue weighted by atomic mass is 10.2. The SMILES string of the molecule is NCCc1cnc2nc(C3CC3)[nH]n2c1=O. The molecule has 2 aromatic heterocycles. The molecular formula is C10H13N5O. The van der Waals surface area contributed by atoms with Crippen LogP contribution < -0.4 is 11.3 Å². The van der Waals surface area contributed by atoms with Gasteiger partial charge < -0.3 is 5.73 Å². The molecule has 1 fully saturated rings. The first-order valence-corrected chi connectivity index (χ1v) is 5.46. The summed E-state index contributed by atoms with van der Waals surface area (Å²) < 4.78 is 1.42. The van der Waals surface area contributed by atoms with Gasteiger partial charge in [0, 0.05) is 17.7 Å². The van der Waals surface area contributed by atoms with Crippen LogP contribution in [-0.4, -0.2) is 26.1 Å². The second kappa shape index (κ2) is 3.41. The number of aromatic amines is 1. The van der Waals surface area contributed by atoms with E-state index in [2.05, 4.69) is 15.1 Å². The molecular weight excluding hydrogens is 206 g/mol. The summed E-state index contributed by atoms with van der Waals surface area (Å²) in [4.78, 5) is 20.4. The van der Waals surface area contributed by atoms with Gasteiger partial charge in [-0.15, -0.1) is 0 Å². The Hall–Kier alpha value is -1.69. The smallest absolute Gasteiger partial charge is 0.277 e. The monoisotopic (exact) mass is 219 g/mol. The van der Waals surface area contributed by atoms with Gasteiger partial charge in [-0.1, -0.05) is 0 Å². The van der Waals surface area contributed by atoms with Crippen LogP contribution in [0.4, 0.5) is 0 Å². The molecule has 1 aliphatic rings. The van der Waals surface area contributed by atoms with Crippen LogP contribution in [0.5, 0.6) is 0 Å². The molecule has 2 heterocycles. The molecule has 0 radical (unpaired) electrons. The van der Waals surface area contributed by atoms with Crippen molar-refractivity contribution in [3.05, 3.63) is 27.9 Å². The topological polar surface area (TPSA) is 89.1 Å². The molecule has 0 aromatic carbocycles. The number of rotatable bonds is 3. The van der Waals surface area contributed by atoms with Crippen molar-refractivity contribution in [1.29, 1.82) is 0 Å². The maximum absolute atomic E-state index is 12.0. The van der Waals surface area contributed by atoms with Crippen molar-refractivity contribution >= 4 is 5.78 Å². The van der Waals surface area contributed by atoms with E-state index in [4.69, 9.17) is 5.73 Å². The summed E-state index contributed by atoms with van der Waals surface area (Å²) in [6.07, 6.45) is 4.41. The van der Waals surface area contributed by atoms with E-state index in [0.717, 1.165) is 18.7 Å². The van der Waals surface area contributed by atoms with E-state index in [1.807, 2.05) is 0 Å². The molecule has 3 N–H and O–H groups in total. The second-order valence-corrected chi connectivity index (χ2v) is 4.15. The van der Waals surface area contributed by atoms with Gasteiger partial charge >= 0.3 is 0 Å². The Bertz CT molecular complexity index is 580. The average Bonchev–Trinajstić information content (AvgIpc) is 3.03. The number of hydrogen-bond acceptors (Lipinski definition) is 4. The van der Waals surface area contributed by atoms with Crippen molar-refractivity contribution in [2.45, 2.75) is 25.2 Å². The lowest BCUT2D eigenvalue weighted by Gasteiger charge is -1.96. The molecule has 16 heavy (non-hydrogen) atoms. The lowest BCUT2D eigenvalue weighted by molar-refractivity contribution is 0.820. The summed E-state index contributed by atoms with van der Waals surface area (Å²) in [5, 5.41) is 3.01. The minimum atomic E-state index is -0.0881. The van der Waals surface area contributed by atoms with Gasteiger partial charge in [0.15, 0.2) is 0 Å². The summed E-state index contributed by atoms with van der Waals surface area (Å²) >= 11 is 0. The lowest BCUT2D eigenvalue weighted by Crippen LogP contribution is -2.21. The quantitative estimate of drug-likeness (QED) is 0.748. The van der Waals surface area contributed by atoms with Crippen LogP contribution in [0.2, 0.25) is 0 Å². The van der Waals surface area contributed by atoms with Crippen LogP contribution in [0.3, 0.4) is 0 Å². The van der Waals surface area contributed by atoms with E-state index < -0.39 is 0 Å². The highest BCUT2D eigenvalue weighted by atomic mass is 16.1. The minimum absolute atomic E-state index is 0.0881. The van der Waals surface area contributed by atoms with Crippen LogP contribution in [0.25, 0.3) is 5.78 Å². The molecule has 0 aliphatic heterocycles. The first-order valence-electron chi connectivity index (χ1n) is 5.46. The van der Waals surface area contributed by atoms with Crippen molar-refractivity contribution in [2.24, 2.45) is 5.73 Å². The van der Waals surface area contributed by atoms with Gasteiger partial charge in [0.2, 0.25) is 0 Å². The fourth-order valence-electron chi connectivity index (χ4n) is 1.78. The van der Waals surface area contributed by atoms with Crippen molar-refractivity contribution in [3.8, 4) is 0 Å². The van der Waals surface area contributed by atoms with Gasteiger partial charge in [-0.05, 0) is 25.8 Å². The van der Waals surface area contributed by atoms with E-state index in [1.165, 1.54) is 4.52 Å². The van der Waals surface area contributed by atoms with E-state index in [9.17, 15) is 4.79 Å². The molecule has 6 heteroatoms. The Labute approximate surface area is 91.5 Å². The number of nitrogens with zero attached hydrogens (tertiary/aromatic N) is 3. The van der Waals surface area contributed by atoms with Crippen LogP contribution in [0.15, 0.2) is 11.0 Å².